The van der Waals surface area contributed by atoms with Crippen molar-refractivity contribution in [3.63, 3.8) is 0 Å². The lowest BCUT2D eigenvalue weighted by Gasteiger charge is -2.58. The predicted octanol–water partition coefficient (Wildman–Crippen LogP) is 4.34. The number of aliphatic hydroxyl groups is 2. The van der Waals surface area contributed by atoms with Gasteiger partial charge in [0.05, 0.1) is 41.4 Å². The number of likely N-dealkylation sites (tertiary alicyclic amines) is 1. The van der Waals surface area contributed by atoms with Crippen LogP contribution in [0.4, 0.5) is 5.69 Å². The van der Waals surface area contributed by atoms with Crippen LogP contribution < -0.4 is 0 Å². The van der Waals surface area contributed by atoms with Gasteiger partial charge in [-0.3, -0.25) is 15.1 Å². The van der Waals surface area contributed by atoms with Crippen molar-refractivity contribution >= 4 is 16.6 Å². The number of benzene rings is 2. The first kappa shape index (κ1) is 28.7. The van der Waals surface area contributed by atoms with Gasteiger partial charge in [-0.1, -0.05) is 48.6 Å². The third-order valence-electron chi connectivity index (χ3n) is 10.6. The van der Waals surface area contributed by atoms with Crippen molar-refractivity contribution < 1.29 is 29.3 Å². The Bertz CT molecular complexity index is 1700. The number of nitro groups is 1. The molecule has 45 heavy (non-hydrogen) atoms. The molecule has 0 amide bonds. The molecule has 2 bridgehead atoms. The van der Waals surface area contributed by atoms with Gasteiger partial charge in [0.2, 0.25) is 0 Å². The number of hydrogen-bond donors (Lipinski definition) is 2. The highest BCUT2D eigenvalue weighted by Crippen LogP contribution is 2.69. The number of piperidine rings is 1. The van der Waals surface area contributed by atoms with Crippen molar-refractivity contribution in [2.24, 2.45) is 11.3 Å². The molecule has 2 N–H and O–H groups in total. The fourth-order valence-corrected chi connectivity index (χ4v) is 8.73. The smallest absolute Gasteiger partial charge is 0.277 e. The Morgan fingerprint density at radius 2 is 1.84 bits per heavy atom. The first-order valence-electron chi connectivity index (χ1n) is 15.5. The predicted molar refractivity (Wildman–Crippen MR) is 165 cm³/mol. The molecule has 2 aromatic carbocycles. The van der Waals surface area contributed by atoms with Gasteiger partial charge in [-0.15, -0.1) is 0 Å². The summed E-state index contributed by atoms with van der Waals surface area (Å²) < 4.78 is 18.1. The number of nitrogens with zero attached hydrogens (tertiary/aromatic N) is 3. The molecule has 232 valence electrons. The molecule has 2 unspecified atom stereocenters. The molecule has 10 nitrogen and oxygen atoms in total. The van der Waals surface area contributed by atoms with E-state index in [0.29, 0.717) is 24.3 Å². The average molecular weight is 610 g/mol. The number of aliphatic hydroxyl groups excluding tert-OH is 2. The summed E-state index contributed by atoms with van der Waals surface area (Å²) in [5.74, 6) is 0.146. The molecular weight excluding hydrogens is 574 g/mol. The molecule has 1 aromatic heterocycles. The van der Waals surface area contributed by atoms with Crippen LogP contribution in [0.5, 0.6) is 0 Å². The van der Waals surface area contributed by atoms with E-state index in [1.165, 1.54) is 11.5 Å². The molecule has 3 aliphatic heterocycles. The van der Waals surface area contributed by atoms with Gasteiger partial charge in [-0.2, -0.15) is 0 Å². The number of rotatable bonds is 3. The molecule has 6 aliphatic rings. The fraction of sp³-hybridized carbons (Fsp3) is 0.400. The van der Waals surface area contributed by atoms with E-state index < -0.39 is 40.5 Å². The summed E-state index contributed by atoms with van der Waals surface area (Å²) in [6.07, 6.45) is 7.96. The normalized spacial score (nSPS) is 34.9. The quantitative estimate of drug-likeness (QED) is 0.253. The maximum Gasteiger partial charge on any atom is 0.277 e. The van der Waals surface area contributed by atoms with E-state index in [9.17, 15) is 20.3 Å². The van der Waals surface area contributed by atoms with E-state index in [-0.39, 0.29) is 17.6 Å². The maximum absolute atomic E-state index is 11.8. The monoisotopic (exact) mass is 609 g/mol. The number of ether oxygens (including phenoxy) is 3. The first-order chi connectivity index (χ1) is 21.8. The summed E-state index contributed by atoms with van der Waals surface area (Å²) >= 11 is 0. The van der Waals surface area contributed by atoms with Crippen LogP contribution in [-0.2, 0) is 19.8 Å². The van der Waals surface area contributed by atoms with Crippen LogP contribution in [0.15, 0.2) is 96.2 Å². The second kappa shape index (κ2) is 10.7. The van der Waals surface area contributed by atoms with Crippen LogP contribution in [0.3, 0.4) is 0 Å². The van der Waals surface area contributed by atoms with E-state index >= 15 is 0 Å². The maximum atomic E-state index is 11.8. The van der Waals surface area contributed by atoms with Crippen LogP contribution in [0.2, 0.25) is 0 Å². The minimum absolute atomic E-state index is 0.0942. The summed E-state index contributed by atoms with van der Waals surface area (Å²) in [5.41, 5.74) is 2.35. The number of allylic oxidation sites excluding steroid dienone is 1. The van der Waals surface area contributed by atoms with Crippen molar-refractivity contribution in [2.75, 3.05) is 26.8 Å². The highest BCUT2D eigenvalue weighted by Gasteiger charge is 2.71. The SMILES string of the molecule is CN1CC[C@]23C4=C5C=CC(O)C4(c4ccc([N+](=O)[O-])c(C6OCCO6)c4)O[C@H]2[C@@H](O)C=C[C@H]3[C@H]1C5.c1ccc2ncccc2c1. The minimum Gasteiger partial charge on any atom is -0.386 e. The number of nitro benzene ring substituents is 1. The Morgan fingerprint density at radius 1 is 1.04 bits per heavy atom. The Morgan fingerprint density at radius 3 is 2.64 bits per heavy atom. The zero-order valence-corrected chi connectivity index (χ0v) is 24.9. The molecule has 1 spiro atoms. The van der Waals surface area contributed by atoms with E-state index in [1.54, 1.807) is 18.2 Å². The summed E-state index contributed by atoms with van der Waals surface area (Å²) in [6, 6.07) is 17.2. The lowest BCUT2D eigenvalue weighted by Crippen LogP contribution is -2.62. The zero-order chi connectivity index (χ0) is 30.9. The van der Waals surface area contributed by atoms with Gasteiger partial charge in [-0.05, 0) is 67.4 Å². The Hall–Kier alpha value is -3.77. The zero-order valence-electron chi connectivity index (χ0n) is 24.9. The highest BCUT2D eigenvalue weighted by molar-refractivity contribution is 5.77. The molecular formula is C35H35N3O7. The average Bonchev–Trinajstić information content (AvgIpc) is 3.71. The number of pyridine rings is 1. The summed E-state index contributed by atoms with van der Waals surface area (Å²) in [4.78, 5) is 18.0. The Balaban J connectivity index is 0.000000255. The lowest BCUT2D eigenvalue weighted by molar-refractivity contribution is -0.386. The largest absolute Gasteiger partial charge is 0.386 e. The van der Waals surface area contributed by atoms with Crippen molar-refractivity contribution in [3.05, 3.63) is 117 Å². The van der Waals surface area contributed by atoms with Gasteiger partial charge >= 0.3 is 0 Å². The molecule has 7 atom stereocenters. The van der Waals surface area contributed by atoms with Crippen molar-refractivity contribution in [1.29, 1.82) is 0 Å². The van der Waals surface area contributed by atoms with Crippen LogP contribution in [0, 0.1) is 21.4 Å². The second-order valence-electron chi connectivity index (χ2n) is 12.7. The van der Waals surface area contributed by atoms with Crippen molar-refractivity contribution in [1.82, 2.24) is 9.88 Å². The number of fused-ring (bicyclic) bond motifs is 1. The van der Waals surface area contributed by atoms with E-state index in [0.717, 1.165) is 36.0 Å². The van der Waals surface area contributed by atoms with Crippen molar-refractivity contribution in [2.45, 2.75) is 49.1 Å². The number of para-hydroxylation sites is 1. The molecule has 3 aliphatic carbocycles. The standard InChI is InChI=1S/C26H28N2O7.C9H7N/c1-27-9-8-25-17-4-6-20(29)23(25)35-26(21(30)7-2-14(22(25)26)12-19(17)27)15-3-5-18(28(31)32)16(13-15)24-33-10-11-34-24;1-2-6-9-8(4-1)5-3-7-10-9/h2-7,13,17,19-21,23-24,29-30H,8-12H2,1H3;1-7H/t17-,19+,20-,21?,23-,25-,26?;/m0./s1. The van der Waals surface area contributed by atoms with Gasteiger partial charge in [0.15, 0.2) is 6.29 Å². The van der Waals surface area contributed by atoms with Crippen LogP contribution >= 0.6 is 0 Å². The third-order valence-corrected chi connectivity index (χ3v) is 10.6. The Labute approximate surface area is 260 Å². The molecule has 3 aromatic rings. The number of hydrogen-bond acceptors (Lipinski definition) is 9. The van der Waals surface area contributed by atoms with Gasteiger partial charge in [0.25, 0.3) is 5.69 Å². The van der Waals surface area contributed by atoms with Gasteiger partial charge < -0.3 is 29.3 Å². The van der Waals surface area contributed by atoms with Crippen molar-refractivity contribution in [3.8, 4) is 0 Å². The summed E-state index contributed by atoms with van der Waals surface area (Å²) in [6.45, 7) is 1.57. The van der Waals surface area contributed by atoms with Crippen LogP contribution in [0.25, 0.3) is 10.9 Å². The molecule has 3 fully saturated rings. The third kappa shape index (κ3) is 4.14. The highest BCUT2D eigenvalue weighted by atomic mass is 16.7. The van der Waals surface area contributed by atoms with Crippen LogP contribution in [-0.4, -0.2) is 76.2 Å². The fourth-order valence-electron chi connectivity index (χ4n) is 8.73. The molecule has 0 saturated carbocycles. The van der Waals surface area contributed by atoms with Gasteiger partial charge in [0.1, 0.15) is 11.7 Å². The minimum atomic E-state index is -1.25. The first-order valence-corrected chi connectivity index (χ1v) is 15.5. The molecule has 9 rings (SSSR count). The summed E-state index contributed by atoms with van der Waals surface area (Å²) in [7, 11) is 2.14. The van der Waals surface area contributed by atoms with E-state index in [2.05, 4.69) is 35.1 Å². The number of aromatic nitrogens is 1. The second-order valence-corrected chi connectivity index (χ2v) is 12.7. The van der Waals surface area contributed by atoms with E-state index in [1.807, 2.05) is 42.6 Å². The van der Waals surface area contributed by atoms with Crippen LogP contribution in [0.1, 0.15) is 30.3 Å². The van der Waals surface area contributed by atoms with Gasteiger partial charge in [0, 0.05) is 35.0 Å². The lowest BCUT2D eigenvalue weighted by atomic mass is 9.50. The molecule has 4 heterocycles. The molecule has 3 saturated heterocycles. The molecule has 10 heteroatoms. The van der Waals surface area contributed by atoms with Gasteiger partial charge in [-0.25, -0.2) is 0 Å². The topological polar surface area (TPSA) is 127 Å². The Kier molecular flexibility index (Phi) is 6.79. The summed E-state index contributed by atoms with van der Waals surface area (Å²) in [5, 5.41) is 35.7. The molecule has 0 radical (unpaired) electrons. The van der Waals surface area contributed by atoms with E-state index in [4.69, 9.17) is 14.2 Å².